The smallest absolute Gasteiger partial charge is 0.308 e. The highest BCUT2D eigenvalue weighted by molar-refractivity contribution is 9.10. The van der Waals surface area contributed by atoms with Gasteiger partial charge in [0.15, 0.2) is 11.5 Å². The van der Waals surface area contributed by atoms with E-state index in [0.717, 1.165) is 16.5 Å². The van der Waals surface area contributed by atoms with Gasteiger partial charge >= 0.3 is 5.97 Å². The van der Waals surface area contributed by atoms with Gasteiger partial charge in [0.2, 0.25) is 0 Å². The Morgan fingerprint density at radius 2 is 2.10 bits per heavy atom. The Labute approximate surface area is 127 Å². The number of carbonyl (C=O) groups excluding carboxylic acids is 1. The van der Waals surface area contributed by atoms with Crippen LogP contribution in [-0.4, -0.2) is 32.8 Å². The first kappa shape index (κ1) is 16.8. The molecule has 0 aliphatic rings. The van der Waals surface area contributed by atoms with Crippen LogP contribution in [0.25, 0.3) is 0 Å². The molecule has 0 aliphatic heterocycles. The summed E-state index contributed by atoms with van der Waals surface area (Å²) >= 11 is 3.45. The minimum atomic E-state index is -0.311. The highest BCUT2D eigenvalue weighted by Gasteiger charge is 2.13. The van der Waals surface area contributed by atoms with Gasteiger partial charge in [0, 0.05) is 6.04 Å². The van der Waals surface area contributed by atoms with Crippen LogP contribution in [0, 0.1) is 0 Å². The summed E-state index contributed by atoms with van der Waals surface area (Å²) in [5, 5.41) is 0. The van der Waals surface area contributed by atoms with E-state index in [1.54, 1.807) is 7.11 Å². The van der Waals surface area contributed by atoms with E-state index in [9.17, 15) is 4.79 Å². The van der Waals surface area contributed by atoms with Crippen molar-refractivity contribution in [3.05, 3.63) is 22.2 Å². The van der Waals surface area contributed by atoms with E-state index in [2.05, 4.69) is 20.7 Å². The third-order valence-corrected chi connectivity index (χ3v) is 3.22. The molecule has 0 fully saturated rings. The molecule has 6 heteroatoms. The molecule has 1 aromatic rings. The lowest BCUT2D eigenvalue weighted by Crippen LogP contribution is -2.17. The van der Waals surface area contributed by atoms with Crippen LogP contribution in [0.4, 0.5) is 0 Å². The van der Waals surface area contributed by atoms with Gasteiger partial charge in [-0.05, 0) is 47.0 Å². The molecule has 0 bridgehead atoms. The molecular formula is C14H20BrNO4. The number of methoxy groups -OCH3 is 2. The zero-order valence-electron chi connectivity index (χ0n) is 11.9. The van der Waals surface area contributed by atoms with E-state index in [1.165, 1.54) is 7.11 Å². The average molecular weight is 346 g/mol. The van der Waals surface area contributed by atoms with Gasteiger partial charge in [-0.1, -0.05) is 0 Å². The van der Waals surface area contributed by atoms with Crippen molar-refractivity contribution >= 4 is 21.9 Å². The molecule has 1 unspecified atom stereocenters. The largest absolute Gasteiger partial charge is 0.493 e. The van der Waals surface area contributed by atoms with Gasteiger partial charge in [0.1, 0.15) is 0 Å². The first-order chi connectivity index (χ1) is 9.47. The quantitative estimate of drug-likeness (QED) is 0.767. The number of rotatable bonds is 7. The van der Waals surface area contributed by atoms with Gasteiger partial charge in [-0.15, -0.1) is 0 Å². The Hall–Kier alpha value is -1.27. The number of halogens is 1. The molecule has 0 amide bonds. The van der Waals surface area contributed by atoms with E-state index in [-0.39, 0.29) is 25.0 Å². The molecule has 0 aliphatic carbocycles. The van der Waals surface area contributed by atoms with Crippen molar-refractivity contribution in [3.8, 4) is 11.5 Å². The van der Waals surface area contributed by atoms with E-state index in [1.807, 2.05) is 19.1 Å². The van der Waals surface area contributed by atoms with Crippen LogP contribution in [0.1, 0.15) is 18.9 Å². The van der Waals surface area contributed by atoms with Crippen molar-refractivity contribution in [1.82, 2.24) is 0 Å². The fourth-order valence-corrected chi connectivity index (χ4v) is 2.35. The minimum absolute atomic E-state index is 0.0673. The molecule has 0 radical (unpaired) electrons. The van der Waals surface area contributed by atoms with Crippen molar-refractivity contribution in [1.29, 1.82) is 0 Å². The lowest BCUT2D eigenvalue weighted by Gasteiger charge is -2.15. The van der Waals surface area contributed by atoms with Crippen molar-refractivity contribution in [2.24, 2.45) is 5.73 Å². The van der Waals surface area contributed by atoms with E-state index in [0.29, 0.717) is 11.5 Å². The highest BCUT2D eigenvalue weighted by atomic mass is 79.9. The molecular weight excluding hydrogens is 326 g/mol. The van der Waals surface area contributed by atoms with Crippen molar-refractivity contribution in [2.45, 2.75) is 25.8 Å². The maximum absolute atomic E-state index is 11.1. The molecule has 1 atom stereocenters. The number of nitrogens with two attached hydrogens (primary N) is 1. The molecule has 5 nitrogen and oxygen atoms in total. The lowest BCUT2D eigenvalue weighted by molar-refractivity contribution is -0.141. The van der Waals surface area contributed by atoms with Gasteiger partial charge < -0.3 is 19.9 Å². The summed E-state index contributed by atoms with van der Waals surface area (Å²) in [6.45, 7) is 2.18. The molecule has 2 N–H and O–H groups in total. The summed E-state index contributed by atoms with van der Waals surface area (Å²) in [5.74, 6) is 0.874. The van der Waals surface area contributed by atoms with Gasteiger partial charge in [0.25, 0.3) is 0 Å². The zero-order chi connectivity index (χ0) is 15.1. The van der Waals surface area contributed by atoms with Crippen LogP contribution in [0.5, 0.6) is 11.5 Å². The van der Waals surface area contributed by atoms with E-state index >= 15 is 0 Å². The standard InChI is InChI=1S/C14H20BrNO4/c1-9(16)6-10-7-11(15)14(12(8-10)18-2)20-5-4-13(17)19-3/h7-9H,4-6,16H2,1-3H3. The Morgan fingerprint density at radius 1 is 1.40 bits per heavy atom. The van der Waals surface area contributed by atoms with Crippen molar-refractivity contribution in [3.63, 3.8) is 0 Å². The predicted molar refractivity (Wildman–Crippen MR) is 80.2 cm³/mol. The highest BCUT2D eigenvalue weighted by Crippen LogP contribution is 2.37. The van der Waals surface area contributed by atoms with E-state index in [4.69, 9.17) is 15.2 Å². The monoisotopic (exact) mass is 345 g/mol. The molecule has 0 heterocycles. The third kappa shape index (κ3) is 5.02. The first-order valence-electron chi connectivity index (χ1n) is 6.29. The molecule has 0 spiro atoms. The first-order valence-corrected chi connectivity index (χ1v) is 7.08. The number of hydrogen-bond acceptors (Lipinski definition) is 5. The fourth-order valence-electron chi connectivity index (χ4n) is 1.74. The second-order valence-electron chi connectivity index (χ2n) is 4.47. The van der Waals surface area contributed by atoms with Crippen LogP contribution in [0.15, 0.2) is 16.6 Å². The zero-order valence-corrected chi connectivity index (χ0v) is 13.5. The second-order valence-corrected chi connectivity index (χ2v) is 5.32. The molecule has 0 aromatic heterocycles. The predicted octanol–water partition coefficient (Wildman–Crippen LogP) is 2.29. The van der Waals surface area contributed by atoms with Crippen LogP contribution in [-0.2, 0) is 16.0 Å². The Bertz CT molecular complexity index is 463. The lowest BCUT2D eigenvalue weighted by atomic mass is 10.1. The second kappa shape index (κ2) is 8.11. The molecule has 112 valence electrons. The number of ether oxygens (including phenoxy) is 3. The summed E-state index contributed by atoms with van der Waals surface area (Å²) < 4.78 is 16.2. The number of esters is 1. The topological polar surface area (TPSA) is 70.8 Å². The molecule has 1 aromatic carbocycles. The Morgan fingerprint density at radius 3 is 2.65 bits per heavy atom. The molecule has 0 saturated carbocycles. The number of benzene rings is 1. The Balaban J connectivity index is 2.82. The summed E-state index contributed by atoms with van der Waals surface area (Å²) in [7, 11) is 2.92. The summed E-state index contributed by atoms with van der Waals surface area (Å²) in [6, 6.07) is 3.90. The average Bonchev–Trinajstić information content (AvgIpc) is 2.39. The van der Waals surface area contributed by atoms with Gasteiger partial charge in [-0.2, -0.15) is 0 Å². The van der Waals surface area contributed by atoms with Crippen LogP contribution >= 0.6 is 15.9 Å². The maximum Gasteiger partial charge on any atom is 0.308 e. The van der Waals surface area contributed by atoms with E-state index < -0.39 is 0 Å². The van der Waals surface area contributed by atoms with Gasteiger partial charge in [0.05, 0.1) is 31.7 Å². The summed E-state index contributed by atoms with van der Waals surface area (Å²) in [6.07, 6.45) is 0.936. The minimum Gasteiger partial charge on any atom is -0.493 e. The maximum atomic E-state index is 11.1. The molecule has 20 heavy (non-hydrogen) atoms. The third-order valence-electron chi connectivity index (χ3n) is 2.63. The number of hydrogen-bond donors (Lipinski definition) is 1. The fraction of sp³-hybridized carbons (Fsp3) is 0.500. The van der Waals surface area contributed by atoms with Crippen molar-refractivity contribution < 1.29 is 19.0 Å². The summed E-state index contributed by atoms with van der Waals surface area (Å²) in [4.78, 5) is 11.1. The van der Waals surface area contributed by atoms with Crippen LogP contribution < -0.4 is 15.2 Å². The molecule has 1 rings (SSSR count). The van der Waals surface area contributed by atoms with Crippen molar-refractivity contribution in [2.75, 3.05) is 20.8 Å². The van der Waals surface area contributed by atoms with Gasteiger partial charge in [-0.3, -0.25) is 4.79 Å². The molecule has 0 saturated heterocycles. The number of carbonyl (C=O) groups is 1. The van der Waals surface area contributed by atoms with Gasteiger partial charge in [-0.25, -0.2) is 0 Å². The van der Waals surface area contributed by atoms with Crippen LogP contribution in [0.2, 0.25) is 0 Å². The van der Waals surface area contributed by atoms with Crippen LogP contribution in [0.3, 0.4) is 0 Å². The summed E-state index contributed by atoms with van der Waals surface area (Å²) in [5.41, 5.74) is 6.85. The Kier molecular flexibility index (Phi) is 6.81. The SMILES string of the molecule is COC(=O)CCOc1c(Br)cc(CC(C)N)cc1OC. The normalized spacial score (nSPS) is 11.8.